The molecule has 0 atom stereocenters. The zero-order valence-corrected chi connectivity index (χ0v) is 18.0. The molecule has 1 aromatic heterocycles. The molecule has 4 rings (SSSR count). The summed E-state index contributed by atoms with van der Waals surface area (Å²) < 4.78 is 15.9. The van der Waals surface area contributed by atoms with E-state index in [4.69, 9.17) is 4.98 Å². The van der Waals surface area contributed by atoms with E-state index in [1.165, 1.54) is 17.7 Å². The van der Waals surface area contributed by atoms with Crippen LogP contribution in [0.15, 0.2) is 48.5 Å². The number of anilines is 2. The van der Waals surface area contributed by atoms with Crippen molar-refractivity contribution < 1.29 is 4.39 Å². The van der Waals surface area contributed by atoms with Crippen LogP contribution < -0.4 is 5.32 Å². The summed E-state index contributed by atoms with van der Waals surface area (Å²) in [6.45, 7) is 11.8. The van der Waals surface area contributed by atoms with E-state index in [0.29, 0.717) is 0 Å². The fourth-order valence-electron chi connectivity index (χ4n) is 4.14. The van der Waals surface area contributed by atoms with Gasteiger partial charge in [-0.15, -0.1) is 0 Å². The molecule has 4 nitrogen and oxygen atoms in total. The minimum atomic E-state index is -0.244. The van der Waals surface area contributed by atoms with E-state index in [-0.39, 0.29) is 16.9 Å². The number of aryl methyl sites for hydroxylation is 1. The van der Waals surface area contributed by atoms with Crippen LogP contribution in [-0.2, 0) is 11.1 Å². The molecular formula is C24H29FN4. The number of rotatable bonds is 3. The van der Waals surface area contributed by atoms with Crippen LogP contribution in [0.5, 0.6) is 0 Å². The lowest BCUT2D eigenvalue weighted by atomic mass is 9.91. The van der Waals surface area contributed by atoms with Crippen LogP contribution in [0.1, 0.15) is 39.1 Å². The number of aromatic nitrogens is 2. The molecule has 0 saturated heterocycles. The summed E-state index contributed by atoms with van der Waals surface area (Å²) in [6, 6.07) is 14.9. The van der Waals surface area contributed by atoms with Crippen LogP contribution in [0.3, 0.4) is 0 Å². The Kier molecular flexibility index (Phi) is 4.54. The van der Waals surface area contributed by atoms with E-state index in [9.17, 15) is 4.39 Å². The molecule has 1 aliphatic heterocycles. The average molecular weight is 393 g/mol. The van der Waals surface area contributed by atoms with Crippen molar-refractivity contribution in [3.8, 4) is 11.3 Å². The highest BCUT2D eigenvalue weighted by Gasteiger charge is 2.44. The van der Waals surface area contributed by atoms with Gasteiger partial charge in [0.15, 0.2) is 0 Å². The van der Waals surface area contributed by atoms with Crippen molar-refractivity contribution in [2.24, 2.45) is 0 Å². The Labute approximate surface area is 172 Å². The first-order valence-electron chi connectivity index (χ1n) is 10.0. The number of likely N-dealkylation sites (N-methyl/N-ethyl adjacent to an activating group) is 1. The zero-order chi connectivity index (χ0) is 21.0. The van der Waals surface area contributed by atoms with Gasteiger partial charge in [0.25, 0.3) is 0 Å². The van der Waals surface area contributed by atoms with E-state index < -0.39 is 0 Å². The number of fused-ring (bicyclic) bond motifs is 1. The molecule has 152 valence electrons. The van der Waals surface area contributed by atoms with Crippen molar-refractivity contribution in [1.82, 2.24) is 14.5 Å². The van der Waals surface area contributed by atoms with Gasteiger partial charge in [-0.05, 0) is 78.1 Å². The highest BCUT2D eigenvalue weighted by molar-refractivity contribution is 5.77. The highest BCUT2D eigenvalue weighted by Crippen LogP contribution is 2.44. The zero-order valence-electron chi connectivity index (χ0n) is 18.0. The molecule has 5 heteroatoms. The van der Waals surface area contributed by atoms with Crippen LogP contribution in [0.2, 0.25) is 0 Å². The van der Waals surface area contributed by atoms with Crippen LogP contribution in [-0.4, -0.2) is 28.0 Å². The number of nitrogens with zero attached hydrogens (tertiary/aromatic N) is 3. The molecule has 0 bridgehead atoms. The van der Waals surface area contributed by atoms with E-state index in [0.717, 1.165) is 35.1 Å². The second-order valence-electron chi connectivity index (χ2n) is 9.19. The fourth-order valence-corrected chi connectivity index (χ4v) is 4.14. The molecule has 1 aliphatic rings. The largest absolute Gasteiger partial charge is 0.340 e. The summed E-state index contributed by atoms with van der Waals surface area (Å²) in [6.07, 6.45) is 0. The first kappa shape index (κ1) is 19.6. The molecule has 2 heterocycles. The van der Waals surface area contributed by atoms with E-state index in [1.807, 2.05) is 0 Å². The molecule has 0 aliphatic carbocycles. The minimum absolute atomic E-state index is 0.155. The second-order valence-corrected chi connectivity index (χ2v) is 9.19. The Morgan fingerprint density at radius 2 is 1.59 bits per heavy atom. The third-order valence-electron chi connectivity index (χ3n) is 6.04. The molecule has 0 amide bonds. The number of halogens is 1. The summed E-state index contributed by atoms with van der Waals surface area (Å²) in [5.41, 5.74) is 3.59. The van der Waals surface area contributed by atoms with Gasteiger partial charge in [-0.2, -0.15) is 0 Å². The molecule has 0 saturated carbocycles. The lowest BCUT2D eigenvalue weighted by Crippen LogP contribution is -2.55. The first-order valence-corrected chi connectivity index (χ1v) is 10.0. The van der Waals surface area contributed by atoms with Crippen molar-refractivity contribution in [2.75, 3.05) is 18.9 Å². The lowest BCUT2D eigenvalue weighted by molar-refractivity contribution is 0.0536. The number of hydrogen-bond donors (Lipinski definition) is 1. The normalized spacial score (nSPS) is 17.8. The third-order valence-corrected chi connectivity index (χ3v) is 6.04. The number of nitrogens with one attached hydrogen (secondary N) is 1. The Hall–Kier alpha value is -2.66. The van der Waals surface area contributed by atoms with Crippen LogP contribution in [0.25, 0.3) is 11.3 Å². The number of hydrogen-bond acceptors (Lipinski definition) is 3. The van der Waals surface area contributed by atoms with Gasteiger partial charge in [0.05, 0.1) is 11.1 Å². The van der Waals surface area contributed by atoms with E-state index in [1.54, 1.807) is 12.1 Å². The smallest absolute Gasteiger partial charge is 0.139 e. The molecular weight excluding hydrogens is 363 g/mol. The van der Waals surface area contributed by atoms with E-state index >= 15 is 0 Å². The molecule has 29 heavy (non-hydrogen) atoms. The van der Waals surface area contributed by atoms with Gasteiger partial charge < -0.3 is 9.88 Å². The second kappa shape index (κ2) is 6.70. The lowest BCUT2D eigenvalue weighted by Gasteiger charge is -2.48. The van der Waals surface area contributed by atoms with Gasteiger partial charge in [-0.25, -0.2) is 9.37 Å². The van der Waals surface area contributed by atoms with Gasteiger partial charge in [0, 0.05) is 17.8 Å². The maximum absolute atomic E-state index is 13.6. The minimum Gasteiger partial charge on any atom is -0.340 e. The van der Waals surface area contributed by atoms with Gasteiger partial charge >= 0.3 is 0 Å². The Balaban J connectivity index is 1.95. The maximum Gasteiger partial charge on any atom is 0.139 e. The van der Waals surface area contributed by atoms with Crippen LogP contribution in [0.4, 0.5) is 15.9 Å². The van der Waals surface area contributed by atoms with Crippen LogP contribution >= 0.6 is 0 Å². The molecule has 3 aromatic rings. The summed E-state index contributed by atoms with van der Waals surface area (Å²) in [5.74, 6) is 1.71. The summed E-state index contributed by atoms with van der Waals surface area (Å²) in [7, 11) is 2.14. The monoisotopic (exact) mass is 392 g/mol. The van der Waals surface area contributed by atoms with Crippen molar-refractivity contribution in [3.05, 3.63) is 65.7 Å². The summed E-state index contributed by atoms with van der Waals surface area (Å²) >= 11 is 0. The Morgan fingerprint density at radius 3 is 2.21 bits per heavy atom. The Bertz CT molecular complexity index is 1030. The van der Waals surface area contributed by atoms with Crippen LogP contribution in [0, 0.1) is 12.7 Å². The van der Waals surface area contributed by atoms with E-state index in [2.05, 4.69) is 80.7 Å². The van der Waals surface area contributed by atoms with Gasteiger partial charge in [-0.1, -0.05) is 17.7 Å². The number of imidazole rings is 1. The number of benzene rings is 2. The van der Waals surface area contributed by atoms with Crippen molar-refractivity contribution in [2.45, 2.75) is 45.7 Å². The van der Waals surface area contributed by atoms with Crippen molar-refractivity contribution in [3.63, 3.8) is 0 Å². The maximum atomic E-state index is 13.6. The quantitative estimate of drug-likeness (QED) is 0.625. The van der Waals surface area contributed by atoms with Gasteiger partial charge in [-0.3, -0.25) is 4.90 Å². The Morgan fingerprint density at radius 1 is 0.966 bits per heavy atom. The van der Waals surface area contributed by atoms with Crippen molar-refractivity contribution >= 4 is 11.5 Å². The molecule has 0 spiro atoms. The van der Waals surface area contributed by atoms with Gasteiger partial charge in [0.2, 0.25) is 0 Å². The first-order chi connectivity index (χ1) is 13.6. The molecule has 0 fully saturated rings. The SMILES string of the molecule is Cc1ccc(Nc2c(-c3ccc(F)cc3)nc3n2C(C)(C)CN(C)C3(C)C)cc1. The summed E-state index contributed by atoms with van der Waals surface area (Å²) in [5, 5.41) is 3.62. The van der Waals surface area contributed by atoms with Crippen molar-refractivity contribution in [1.29, 1.82) is 0 Å². The molecule has 2 aromatic carbocycles. The fraction of sp³-hybridized carbons (Fsp3) is 0.375. The standard InChI is InChI=1S/C24H29FN4/c1-16-7-13-19(14-8-16)26-21-20(17-9-11-18(25)12-10-17)27-22-24(4,5)28(6)15-23(2,3)29(21)22/h7-14,26H,15H2,1-6H3. The molecule has 0 radical (unpaired) electrons. The topological polar surface area (TPSA) is 33.1 Å². The summed E-state index contributed by atoms with van der Waals surface area (Å²) in [4.78, 5) is 7.45. The third kappa shape index (κ3) is 3.33. The highest BCUT2D eigenvalue weighted by atomic mass is 19.1. The molecule has 0 unspecified atom stereocenters. The van der Waals surface area contributed by atoms with Gasteiger partial charge in [0.1, 0.15) is 23.2 Å². The predicted octanol–water partition coefficient (Wildman–Crippen LogP) is 5.66. The average Bonchev–Trinajstić information content (AvgIpc) is 3.04. The predicted molar refractivity (Wildman–Crippen MR) is 117 cm³/mol. The molecule has 1 N–H and O–H groups in total.